The summed E-state index contributed by atoms with van der Waals surface area (Å²) in [5.74, 6) is -7.87. The number of nitrogens with two attached hydrogens (primary N) is 1. The Balaban J connectivity index is 0.000000270. The van der Waals surface area contributed by atoms with Gasteiger partial charge in [-0.1, -0.05) is 152 Å². The number of ether oxygens (including phenoxy) is 4. The number of anilines is 1. The maximum absolute atomic E-state index is 14.5. The maximum Gasteiger partial charge on any atom is 0.573 e. The number of nitrogen functional groups attached to an aromatic ring is 1. The zero-order valence-electron chi connectivity index (χ0n) is 39.5. The first-order valence-corrected chi connectivity index (χ1v) is 22.6. The molecule has 8 rings (SSSR count). The van der Waals surface area contributed by atoms with E-state index in [0.717, 1.165) is 47.5 Å². The van der Waals surface area contributed by atoms with Crippen LogP contribution >= 0.6 is 35.0 Å². The predicted octanol–water partition coefficient (Wildman–Crippen LogP) is 17.8. The van der Waals surface area contributed by atoms with Crippen LogP contribution in [0.2, 0.25) is 0 Å². The van der Waals surface area contributed by atoms with Gasteiger partial charge in [0.05, 0.1) is 20.7 Å². The molecule has 0 unspecified atom stereocenters. The number of hydrogen-bond acceptors (Lipinski definition) is 7. The minimum absolute atomic E-state index is 0. The Morgan fingerprint density at radius 1 is 0.380 bits per heavy atom. The second-order valence-electron chi connectivity index (χ2n) is 14.7. The highest BCUT2D eigenvalue weighted by atomic mass is 127. The summed E-state index contributed by atoms with van der Waals surface area (Å²) in [7, 11) is 0. The molecule has 3 N–H and O–H groups in total. The predicted molar refractivity (Wildman–Crippen MR) is 274 cm³/mol. The van der Waals surface area contributed by atoms with Crippen molar-refractivity contribution < 1.29 is 89.2 Å². The van der Waals surface area contributed by atoms with Gasteiger partial charge in [0, 0.05) is 11.1 Å². The molecule has 79 heavy (non-hydrogen) atoms. The topological polar surface area (TPSA) is 99.2 Å². The van der Waals surface area contributed by atoms with Crippen LogP contribution in [-0.4, -0.2) is 36.9 Å². The van der Waals surface area contributed by atoms with Gasteiger partial charge >= 0.3 is 25.4 Å². The minimum atomic E-state index is -4.98. The van der Waals surface area contributed by atoms with Crippen molar-refractivity contribution in [3.8, 4) is 23.0 Å². The van der Waals surface area contributed by atoms with Gasteiger partial charge in [-0.05, 0) is 82.2 Å². The normalized spacial score (nSPS) is 10.8. The summed E-state index contributed by atoms with van der Waals surface area (Å²) in [6.07, 6.45) is -19.6. The Hall–Kier alpha value is -8.00. The van der Waals surface area contributed by atoms with E-state index in [0.29, 0.717) is 22.6 Å². The van der Waals surface area contributed by atoms with Gasteiger partial charge in [0.1, 0.15) is 5.69 Å². The van der Waals surface area contributed by atoms with E-state index in [1.807, 2.05) is 72.8 Å². The highest BCUT2D eigenvalue weighted by Crippen LogP contribution is 2.33. The van der Waals surface area contributed by atoms with Gasteiger partial charge in [-0.2, -0.15) is 0 Å². The van der Waals surface area contributed by atoms with Crippen molar-refractivity contribution in [2.75, 3.05) is 5.73 Å². The second-order valence-corrected chi connectivity index (χ2v) is 15.9. The van der Waals surface area contributed by atoms with E-state index in [9.17, 15) is 70.2 Å². The number of nitrogens with one attached hydrogen (secondary N) is 1. The molecule has 0 bridgehead atoms. The number of alkyl halides is 12. The summed E-state index contributed by atoms with van der Waals surface area (Å²) in [5.41, 5.74) is 8.73. The second kappa shape index (κ2) is 30.2. The zero-order valence-corrected chi connectivity index (χ0v) is 42.5. The molecular weight excluding hydrogens is 1220 g/mol. The number of benzene rings is 8. The molecule has 7 nitrogen and oxygen atoms in total. The van der Waals surface area contributed by atoms with E-state index in [4.69, 9.17) is 11.1 Å². The van der Waals surface area contributed by atoms with Crippen molar-refractivity contribution >= 4 is 57.8 Å². The number of hydrogen-bond donors (Lipinski definition) is 2. The molecule has 0 radical (unpaired) electrons. The number of nitrogens with zero attached hydrogens (tertiary/aromatic N) is 1. The van der Waals surface area contributed by atoms with E-state index in [2.05, 4.69) is 23.9 Å². The summed E-state index contributed by atoms with van der Waals surface area (Å²) >= 11 is 1.58. The molecule has 0 heterocycles. The molecule has 8 aromatic carbocycles. The maximum atomic E-state index is 14.5. The highest BCUT2D eigenvalue weighted by Gasteiger charge is 2.35. The molecule has 0 saturated heterocycles. The third-order valence-electron chi connectivity index (χ3n) is 9.04. The average molecular weight is 1260 g/mol. The fraction of sp³-hybridized carbons (Fsp3) is 0.0741. The Morgan fingerprint density at radius 2 is 0.696 bits per heavy atom. The summed E-state index contributed by atoms with van der Waals surface area (Å²) in [5, 5.41) is 7.97. The minimum Gasteiger partial charge on any atom is -0.403 e. The summed E-state index contributed by atoms with van der Waals surface area (Å²) < 4.78 is 208. The molecular formula is C54H37ClF16IN3O4. The summed E-state index contributed by atoms with van der Waals surface area (Å²) in [6, 6.07) is 52.0. The van der Waals surface area contributed by atoms with Crippen LogP contribution in [0, 0.1) is 32.2 Å². The Morgan fingerprint density at radius 3 is 1.10 bits per heavy atom. The van der Waals surface area contributed by atoms with Gasteiger partial charge in [0.25, 0.3) is 0 Å². The van der Waals surface area contributed by atoms with Crippen molar-refractivity contribution in [3.05, 3.63) is 249 Å². The van der Waals surface area contributed by atoms with Crippen molar-refractivity contribution in [1.29, 1.82) is 5.41 Å². The first-order chi connectivity index (χ1) is 36.6. The molecule has 8 aromatic rings. The van der Waals surface area contributed by atoms with Gasteiger partial charge in [-0.3, -0.25) is 5.41 Å². The number of halogens is 18. The third kappa shape index (κ3) is 23.6. The van der Waals surface area contributed by atoms with Gasteiger partial charge < -0.3 is 24.7 Å². The van der Waals surface area contributed by atoms with Crippen molar-refractivity contribution in [2.24, 2.45) is 4.99 Å². The first-order valence-electron chi connectivity index (χ1n) is 21.5. The van der Waals surface area contributed by atoms with Crippen LogP contribution in [0.15, 0.2) is 205 Å². The molecule has 0 aromatic heterocycles. The molecule has 0 spiro atoms. The van der Waals surface area contributed by atoms with Crippen LogP contribution < -0.4 is 24.7 Å². The van der Waals surface area contributed by atoms with Gasteiger partial charge in [-0.15, -0.1) is 65.1 Å². The fourth-order valence-corrected chi connectivity index (χ4v) is 6.32. The molecule has 0 aliphatic rings. The van der Waals surface area contributed by atoms with E-state index >= 15 is 0 Å². The standard InChI is InChI=1S/C20H13F4NO.C13H11N.C7H3F4IO.C7H5F4NO.C7H4F4O.ClH/c21-18-16(12-7-13-17(18)26-20(22,23)24)25-19(14-8-3-1-4-9-14)15-10-5-2-6-11-15;14-13(11-7-3-1-4-8-11)12-9-5-2-6-10-12;2*8-6-4(12)2-1-3-5(6)13-7(9,10)11;8-5-3-1-2-4-6(5)12-7(9,10)11;/h1-13H;1-10,14H;1-3H;1-3H,12H2;1-4H;1H. The Kier molecular flexibility index (Phi) is 25.0. The third-order valence-corrected chi connectivity index (χ3v) is 9.88. The van der Waals surface area contributed by atoms with Gasteiger partial charge in [0.2, 0.25) is 0 Å². The lowest BCUT2D eigenvalue weighted by Crippen LogP contribution is -2.18. The highest BCUT2D eigenvalue weighted by molar-refractivity contribution is 14.1. The summed E-state index contributed by atoms with van der Waals surface area (Å²) in [6.45, 7) is 0. The van der Waals surface area contributed by atoms with E-state index in [1.165, 1.54) is 42.5 Å². The number of rotatable bonds is 9. The molecule has 418 valence electrons. The molecule has 0 fully saturated rings. The van der Waals surface area contributed by atoms with Crippen molar-refractivity contribution in [3.63, 3.8) is 0 Å². The molecule has 0 saturated carbocycles. The lowest BCUT2D eigenvalue weighted by atomic mass is 10.0. The lowest BCUT2D eigenvalue weighted by Gasteiger charge is -2.12. The SMILES string of the molecule is Cl.Fc1c(I)cccc1OC(F)(F)F.Fc1c(N=C(c2ccccc2)c2ccccc2)cccc1OC(F)(F)F.Fc1ccccc1OC(F)(F)F.N=C(c1ccccc1)c1ccccc1.Nc1cccc(OC(F)(F)F)c1F. The number of aliphatic imine (C=N–C) groups is 1. The van der Waals surface area contributed by atoms with E-state index in [-0.39, 0.29) is 27.4 Å². The van der Waals surface area contributed by atoms with Gasteiger partial charge in [-0.25, -0.2) is 22.6 Å². The van der Waals surface area contributed by atoms with E-state index in [1.54, 1.807) is 71.1 Å². The average Bonchev–Trinajstić information content (AvgIpc) is 3.38. The molecule has 25 heteroatoms. The molecule has 0 amide bonds. The van der Waals surface area contributed by atoms with Gasteiger partial charge in [0.15, 0.2) is 46.3 Å². The molecule has 0 atom stereocenters. The fourth-order valence-electron chi connectivity index (χ4n) is 5.84. The van der Waals surface area contributed by atoms with Crippen LogP contribution in [0.3, 0.4) is 0 Å². The monoisotopic (exact) mass is 1260 g/mol. The largest absolute Gasteiger partial charge is 0.573 e. The first kappa shape index (κ1) is 65.3. The van der Waals surface area contributed by atoms with Crippen LogP contribution in [0.25, 0.3) is 0 Å². The van der Waals surface area contributed by atoms with Crippen LogP contribution in [-0.2, 0) is 0 Å². The van der Waals surface area contributed by atoms with Crippen LogP contribution in [0.4, 0.5) is 81.6 Å². The van der Waals surface area contributed by atoms with E-state index < -0.39 is 71.7 Å². The van der Waals surface area contributed by atoms with Crippen molar-refractivity contribution in [2.45, 2.75) is 25.4 Å². The van der Waals surface area contributed by atoms with Crippen LogP contribution in [0.5, 0.6) is 23.0 Å². The number of para-hydroxylation sites is 1. The Labute approximate surface area is 458 Å². The zero-order chi connectivity index (χ0) is 57.7. The Bertz CT molecular complexity index is 3030. The quantitative estimate of drug-likeness (QED) is 0.0649. The lowest BCUT2D eigenvalue weighted by molar-refractivity contribution is -0.276. The van der Waals surface area contributed by atoms with Crippen molar-refractivity contribution in [1.82, 2.24) is 0 Å². The summed E-state index contributed by atoms with van der Waals surface area (Å²) in [4.78, 5) is 4.28. The molecule has 0 aliphatic carbocycles. The smallest absolute Gasteiger partial charge is 0.403 e. The van der Waals surface area contributed by atoms with Crippen LogP contribution in [0.1, 0.15) is 22.3 Å². The molecule has 0 aliphatic heterocycles.